The van der Waals surface area contributed by atoms with Crippen LogP contribution < -0.4 is 10.3 Å². The number of aromatic nitrogens is 3. The van der Waals surface area contributed by atoms with Crippen LogP contribution in [-0.2, 0) is 4.57 Å². The van der Waals surface area contributed by atoms with Gasteiger partial charge in [-0.25, -0.2) is 0 Å². The van der Waals surface area contributed by atoms with E-state index in [4.69, 9.17) is 10.3 Å². The summed E-state index contributed by atoms with van der Waals surface area (Å²) in [7, 11) is 0. The summed E-state index contributed by atoms with van der Waals surface area (Å²) in [5.41, 5.74) is -1.67. The van der Waals surface area contributed by atoms with Crippen molar-refractivity contribution < 1.29 is 4.57 Å². The van der Waals surface area contributed by atoms with Gasteiger partial charge in [0.2, 0.25) is 0 Å². The molecule has 0 aliphatic rings. The van der Waals surface area contributed by atoms with Crippen LogP contribution in [0.25, 0.3) is 11.0 Å². The van der Waals surface area contributed by atoms with Gasteiger partial charge in [-0.05, 0) is 12.1 Å². The first-order valence-corrected chi connectivity index (χ1v) is 8.52. The molecule has 1 aromatic carbocycles. The van der Waals surface area contributed by atoms with Gasteiger partial charge in [0, 0.05) is 23.1 Å². The zero-order chi connectivity index (χ0) is 10.9. The molecule has 1 heterocycles. The first-order chi connectivity index (χ1) is 7.21. The Morgan fingerprint density at radius 2 is 1.93 bits per heavy atom. The van der Waals surface area contributed by atoms with E-state index >= 15 is 0 Å². The van der Waals surface area contributed by atoms with Crippen LogP contribution in [0.5, 0.6) is 0 Å². The van der Waals surface area contributed by atoms with Crippen molar-refractivity contribution in [2.45, 2.75) is 0 Å². The van der Waals surface area contributed by atoms with Crippen molar-refractivity contribution in [3.63, 3.8) is 0 Å². The lowest BCUT2D eigenvalue weighted by molar-refractivity contribution is 0.584. The molecule has 15 heavy (non-hydrogen) atoms. The largest absolute Gasteiger partial charge is 0.329 e. The maximum Gasteiger partial charge on any atom is 0.329 e. The van der Waals surface area contributed by atoms with Crippen LogP contribution >= 0.6 is 28.8 Å². The summed E-state index contributed by atoms with van der Waals surface area (Å²) in [5.74, 6) is 0. The molecule has 0 bridgehead atoms. The molecule has 0 aliphatic heterocycles. The molecule has 0 atom stereocenters. The van der Waals surface area contributed by atoms with Gasteiger partial charge in [0.25, 0.3) is 0 Å². The minimum absolute atomic E-state index is 0.664. The maximum atomic E-state index is 12.2. The van der Waals surface area contributed by atoms with E-state index in [1.165, 1.54) is 4.45 Å². The lowest BCUT2D eigenvalue weighted by Gasteiger charge is -2.10. The van der Waals surface area contributed by atoms with Crippen LogP contribution in [0.4, 0.5) is 0 Å². The van der Waals surface area contributed by atoms with Crippen molar-refractivity contribution in [3.8, 4) is 0 Å². The Hall–Kier alpha value is -0.530. The Morgan fingerprint density at radius 1 is 1.27 bits per heavy atom. The Labute approximate surface area is 93.9 Å². The van der Waals surface area contributed by atoms with Gasteiger partial charge in [0.15, 0.2) is 0 Å². The minimum atomic E-state index is -3.00. The second-order valence-corrected chi connectivity index (χ2v) is 9.31. The summed E-state index contributed by atoms with van der Waals surface area (Å²) in [6.45, 7) is 0. The van der Waals surface area contributed by atoms with E-state index < -0.39 is 5.70 Å². The van der Waals surface area contributed by atoms with Gasteiger partial charge in [-0.15, -0.1) is 5.10 Å². The predicted octanol–water partition coefficient (Wildman–Crippen LogP) is 1.60. The summed E-state index contributed by atoms with van der Waals surface area (Å²) in [4.78, 5) is 0. The second kappa shape index (κ2) is 4.15. The smallest absolute Gasteiger partial charge is 0.272 e. The molecular weight excluding hydrogens is 253 g/mol. The zero-order valence-electron chi connectivity index (χ0n) is 7.48. The fourth-order valence-corrected chi connectivity index (χ4v) is 3.81. The van der Waals surface area contributed by atoms with E-state index in [-0.39, 0.29) is 0 Å². The molecule has 2 aromatic rings. The number of nitrogens with zero attached hydrogens (tertiary/aromatic N) is 3. The lowest BCUT2D eigenvalue weighted by Crippen LogP contribution is -1.98. The average Bonchev–Trinajstić information content (AvgIpc) is 2.72. The molecule has 2 rings (SSSR count). The molecule has 0 fully saturated rings. The normalized spacial score (nSPS) is 12.1. The molecular formula is C6H8N5OPS2. The third-order valence-electron chi connectivity index (χ3n) is 1.83. The van der Waals surface area contributed by atoms with Gasteiger partial charge in [-0.1, -0.05) is 17.3 Å². The third-order valence-corrected chi connectivity index (χ3v) is 7.20. The quantitative estimate of drug-likeness (QED) is 0.639. The number of benzene rings is 1. The van der Waals surface area contributed by atoms with Crippen molar-refractivity contribution in [2.24, 2.45) is 10.3 Å². The number of para-hydroxylation sites is 1. The van der Waals surface area contributed by atoms with E-state index in [1.54, 1.807) is 12.1 Å². The number of fused-ring (bicyclic) bond motifs is 1. The molecule has 0 unspecified atom stereocenters. The van der Waals surface area contributed by atoms with Crippen molar-refractivity contribution in [2.75, 3.05) is 0 Å². The molecule has 0 saturated carbocycles. The molecule has 4 N–H and O–H groups in total. The highest BCUT2D eigenvalue weighted by Gasteiger charge is 2.27. The molecule has 0 spiro atoms. The van der Waals surface area contributed by atoms with Crippen molar-refractivity contribution in [1.82, 2.24) is 14.8 Å². The van der Waals surface area contributed by atoms with Gasteiger partial charge >= 0.3 is 5.70 Å². The highest BCUT2D eigenvalue weighted by Crippen LogP contribution is 2.65. The number of hydrogen-bond donors (Lipinski definition) is 2. The van der Waals surface area contributed by atoms with E-state index in [9.17, 15) is 4.57 Å². The van der Waals surface area contributed by atoms with Crippen molar-refractivity contribution >= 4 is 39.9 Å². The highest BCUT2D eigenvalue weighted by atomic mass is 33.1. The molecule has 80 valence electrons. The first-order valence-electron chi connectivity index (χ1n) is 3.89. The zero-order valence-corrected chi connectivity index (χ0v) is 10.0. The van der Waals surface area contributed by atoms with Gasteiger partial charge in [-0.3, -0.25) is 14.8 Å². The van der Waals surface area contributed by atoms with Crippen LogP contribution in [0.3, 0.4) is 0 Å². The van der Waals surface area contributed by atoms with Crippen LogP contribution in [0, 0.1) is 0 Å². The Bertz CT molecular complexity index is 521. The van der Waals surface area contributed by atoms with Crippen LogP contribution in [0.2, 0.25) is 0 Å². The summed E-state index contributed by atoms with van der Waals surface area (Å²) < 4.78 is 13.5. The standard InChI is InChI=1S/C6H8N5OPS2/c7-14-13(12,15-8)11-6-4-2-1-3-5(6)9-10-11/h1-4H,7-8H2. The molecule has 0 saturated heterocycles. The second-order valence-electron chi connectivity index (χ2n) is 2.65. The molecule has 0 aliphatic carbocycles. The van der Waals surface area contributed by atoms with Gasteiger partial charge in [0.05, 0.1) is 5.52 Å². The van der Waals surface area contributed by atoms with E-state index in [2.05, 4.69) is 10.3 Å². The molecule has 0 amide bonds. The lowest BCUT2D eigenvalue weighted by atomic mass is 10.3. The van der Waals surface area contributed by atoms with Crippen LogP contribution in [0.15, 0.2) is 24.3 Å². The minimum Gasteiger partial charge on any atom is -0.272 e. The molecule has 9 heteroatoms. The van der Waals surface area contributed by atoms with Gasteiger partial charge < -0.3 is 0 Å². The Morgan fingerprint density at radius 3 is 2.60 bits per heavy atom. The third kappa shape index (κ3) is 1.79. The SMILES string of the molecule is NSP(=O)(SN)n1nnc2ccccc21. The predicted molar refractivity (Wildman–Crippen MR) is 64.1 cm³/mol. The topological polar surface area (TPSA) is 99.8 Å². The fourth-order valence-electron chi connectivity index (χ4n) is 1.15. The summed E-state index contributed by atoms with van der Waals surface area (Å²) in [6.07, 6.45) is 0. The summed E-state index contributed by atoms with van der Waals surface area (Å²) in [5, 5.41) is 18.4. The summed E-state index contributed by atoms with van der Waals surface area (Å²) >= 11 is 1.40. The van der Waals surface area contributed by atoms with Crippen molar-refractivity contribution in [3.05, 3.63) is 24.3 Å². The van der Waals surface area contributed by atoms with E-state index in [1.807, 2.05) is 12.1 Å². The van der Waals surface area contributed by atoms with Gasteiger partial charge in [0.1, 0.15) is 5.52 Å². The average molecular weight is 261 g/mol. The number of rotatable bonds is 3. The molecule has 1 aromatic heterocycles. The maximum absolute atomic E-state index is 12.2. The number of nitrogens with two attached hydrogens (primary N) is 2. The van der Waals surface area contributed by atoms with Crippen molar-refractivity contribution in [1.29, 1.82) is 0 Å². The summed E-state index contributed by atoms with van der Waals surface area (Å²) in [6, 6.07) is 7.20. The van der Waals surface area contributed by atoms with Gasteiger partial charge in [-0.2, -0.15) is 4.45 Å². The number of hydrogen-bond acceptors (Lipinski definition) is 7. The fraction of sp³-hybridized carbons (Fsp3) is 0. The first kappa shape index (κ1) is 11.0. The Balaban J connectivity index is 2.67. The molecule has 6 nitrogen and oxygen atoms in total. The van der Waals surface area contributed by atoms with E-state index in [0.717, 1.165) is 0 Å². The van der Waals surface area contributed by atoms with Crippen LogP contribution in [-0.4, -0.2) is 14.8 Å². The van der Waals surface area contributed by atoms with Crippen LogP contribution in [0.1, 0.15) is 0 Å². The highest BCUT2D eigenvalue weighted by molar-refractivity contribution is 8.89. The molecule has 0 radical (unpaired) electrons. The van der Waals surface area contributed by atoms with E-state index in [0.29, 0.717) is 34.2 Å². The Kier molecular flexibility index (Phi) is 3.03. The monoisotopic (exact) mass is 261 g/mol.